The van der Waals surface area contributed by atoms with Crippen LogP contribution < -0.4 is 10.6 Å². The van der Waals surface area contributed by atoms with Crippen LogP contribution in [0, 0.1) is 5.82 Å². The number of aromatic nitrogens is 3. The first-order chi connectivity index (χ1) is 16.0. The lowest BCUT2D eigenvalue weighted by Crippen LogP contribution is -2.24. The Balaban J connectivity index is 1.50. The lowest BCUT2D eigenvalue weighted by molar-refractivity contribution is -0.113. The van der Waals surface area contributed by atoms with Crippen LogP contribution in [0.15, 0.2) is 75.7 Å². The molecule has 2 aromatic heterocycles. The van der Waals surface area contributed by atoms with Crippen LogP contribution in [0.25, 0.3) is 5.69 Å². The Morgan fingerprint density at radius 3 is 2.58 bits per heavy atom. The zero-order chi connectivity index (χ0) is 23.2. The van der Waals surface area contributed by atoms with E-state index in [-0.39, 0.29) is 29.8 Å². The zero-order valence-electron chi connectivity index (χ0n) is 17.0. The van der Waals surface area contributed by atoms with Gasteiger partial charge in [-0.25, -0.2) is 4.39 Å². The number of rotatable bonds is 8. The van der Waals surface area contributed by atoms with Gasteiger partial charge in [0, 0.05) is 10.2 Å². The summed E-state index contributed by atoms with van der Waals surface area (Å²) in [5, 5.41) is 16.1. The first-order valence-corrected chi connectivity index (χ1v) is 12.4. The maximum Gasteiger partial charge on any atom is 0.261 e. The summed E-state index contributed by atoms with van der Waals surface area (Å²) in [5.41, 5.74) is 0.898. The fourth-order valence-electron chi connectivity index (χ4n) is 2.89. The Bertz CT molecular complexity index is 1260. The number of amides is 2. The number of thioether (sulfide) groups is 1. The van der Waals surface area contributed by atoms with Gasteiger partial charge in [0.25, 0.3) is 5.91 Å². The monoisotopic (exact) mass is 545 g/mol. The number of carbonyl (C=O) groups is 2. The van der Waals surface area contributed by atoms with E-state index >= 15 is 0 Å². The van der Waals surface area contributed by atoms with Crippen molar-refractivity contribution in [2.75, 3.05) is 11.1 Å². The average molecular weight is 546 g/mol. The van der Waals surface area contributed by atoms with Gasteiger partial charge in [0.15, 0.2) is 11.0 Å². The zero-order valence-corrected chi connectivity index (χ0v) is 20.2. The molecule has 0 aliphatic carbocycles. The predicted molar refractivity (Wildman–Crippen MR) is 130 cm³/mol. The van der Waals surface area contributed by atoms with E-state index in [0.29, 0.717) is 15.9 Å². The normalized spacial score (nSPS) is 10.7. The molecular weight excluding hydrogens is 529 g/mol. The van der Waals surface area contributed by atoms with E-state index < -0.39 is 5.82 Å². The van der Waals surface area contributed by atoms with Crippen LogP contribution in [-0.4, -0.2) is 32.3 Å². The van der Waals surface area contributed by atoms with Crippen LogP contribution in [0.3, 0.4) is 0 Å². The summed E-state index contributed by atoms with van der Waals surface area (Å²) in [6.07, 6.45) is 0. The molecule has 11 heteroatoms. The Labute approximate surface area is 205 Å². The fraction of sp³-hybridized carbons (Fsp3) is 0.0909. The fourth-order valence-corrected chi connectivity index (χ4v) is 4.57. The highest BCUT2D eigenvalue weighted by Gasteiger charge is 2.17. The van der Waals surface area contributed by atoms with Crippen LogP contribution >= 0.6 is 39.0 Å². The summed E-state index contributed by atoms with van der Waals surface area (Å²) < 4.78 is 16.5. The summed E-state index contributed by atoms with van der Waals surface area (Å²) >= 11 is 5.94. The SMILES string of the molecule is O=C(CSc1nnc(CNC(=O)c2cccs2)n1-c1ccc(Br)cc1)Nc1ccccc1F. The Hall–Kier alpha value is -3.02. The maximum absolute atomic E-state index is 13.8. The molecule has 0 aliphatic rings. The number of thiophene rings is 1. The van der Waals surface area contributed by atoms with E-state index in [1.54, 1.807) is 22.8 Å². The minimum Gasteiger partial charge on any atom is -0.344 e. The standard InChI is InChI=1S/C22H17BrFN5O2S2/c23-14-7-9-15(10-8-14)29-19(12-25-21(31)18-6-3-11-32-18)27-28-22(29)33-13-20(30)26-17-5-2-1-4-16(17)24/h1-11H,12-13H2,(H,25,31)(H,26,30). The van der Waals surface area contributed by atoms with Crippen LogP contribution in [0.1, 0.15) is 15.5 Å². The highest BCUT2D eigenvalue weighted by molar-refractivity contribution is 9.10. The second-order valence-electron chi connectivity index (χ2n) is 6.69. The van der Waals surface area contributed by atoms with Crippen molar-refractivity contribution >= 4 is 56.5 Å². The van der Waals surface area contributed by atoms with Gasteiger partial charge in [-0.1, -0.05) is 45.9 Å². The lowest BCUT2D eigenvalue weighted by atomic mass is 10.3. The molecule has 0 fully saturated rings. The third kappa shape index (κ3) is 5.86. The Kier molecular flexibility index (Phi) is 7.53. The smallest absolute Gasteiger partial charge is 0.261 e. The molecule has 2 aromatic carbocycles. The largest absolute Gasteiger partial charge is 0.344 e. The quantitative estimate of drug-likeness (QED) is 0.307. The van der Waals surface area contributed by atoms with E-state index in [1.165, 1.54) is 23.5 Å². The molecule has 2 heterocycles. The molecule has 2 N–H and O–H groups in total. The van der Waals surface area contributed by atoms with Crippen molar-refractivity contribution in [3.8, 4) is 5.69 Å². The highest BCUT2D eigenvalue weighted by Crippen LogP contribution is 2.24. The Morgan fingerprint density at radius 1 is 1.06 bits per heavy atom. The first-order valence-electron chi connectivity index (χ1n) is 9.70. The molecule has 7 nitrogen and oxygen atoms in total. The van der Waals surface area contributed by atoms with Crippen LogP contribution in [-0.2, 0) is 11.3 Å². The molecular formula is C22H17BrFN5O2S2. The Morgan fingerprint density at radius 2 is 1.85 bits per heavy atom. The molecule has 0 spiro atoms. The number of benzene rings is 2. The molecule has 0 saturated heterocycles. The van der Waals surface area contributed by atoms with Crippen molar-refractivity contribution < 1.29 is 14.0 Å². The molecule has 4 aromatic rings. The third-order valence-corrected chi connectivity index (χ3v) is 6.74. The molecule has 2 amide bonds. The first kappa shape index (κ1) is 23.1. The van der Waals surface area contributed by atoms with E-state index in [2.05, 4.69) is 36.8 Å². The van der Waals surface area contributed by atoms with Gasteiger partial charge in [-0.3, -0.25) is 14.2 Å². The third-order valence-electron chi connectivity index (χ3n) is 4.42. The van der Waals surface area contributed by atoms with Crippen molar-refractivity contribution in [1.29, 1.82) is 0 Å². The van der Waals surface area contributed by atoms with Crippen molar-refractivity contribution in [3.63, 3.8) is 0 Å². The molecule has 0 bridgehead atoms. The number of carbonyl (C=O) groups excluding carboxylic acids is 2. The van der Waals surface area contributed by atoms with Gasteiger partial charge in [0.2, 0.25) is 5.91 Å². The van der Waals surface area contributed by atoms with Gasteiger partial charge in [-0.05, 0) is 47.8 Å². The number of hydrogen-bond donors (Lipinski definition) is 2. The van der Waals surface area contributed by atoms with E-state index in [1.807, 2.05) is 35.7 Å². The molecule has 0 unspecified atom stereocenters. The van der Waals surface area contributed by atoms with Crippen LogP contribution in [0.5, 0.6) is 0 Å². The van der Waals surface area contributed by atoms with Crippen LogP contribution in [0.2, 0.25) is 0 Å². The predicted octanol–water partition coefficient (Wildman–Crippen LogP) is 4.89. The van der Waals surface area contributed by atoms with Gasteiger partial charge < -0.3 is 10.6 Å². The summed E-state index contributed by atoms with van der Waals surface area (Å²) in [6, 6.07) is 17.0. The number of para-hydroxylation sites is 1. The number of nitrogens with one attached hydrogen (secondary N) is 2. The minimum atomic E-state index is -0.502. The van der Waals surface area contributed by atoms with Crippen LogP contribution in [0.4, 0.5) is 10.1 Å². The second kappa shape index (κ2) is 10.7. The molecule has 0 aliphatic heterocycles. The van der Waals surface area contributed by atoms with Gasteiger partial charge in [0.05, 0.1) is 22.9 Å². The number of anilines is 1. The topological polar surface area (TPSA) is 88.9 Å². The summed E-state index contributed by atoms with van der Waals surface area (Å²) in [4.78, 5) is 25.3. The number of nitrogens with zero attached hydrogens (tertiary/aromatic N) is 3. The molecule has 4 rings (SSSR count). The molecule has 0 saturated carbocycles. The van der Waals surface area contributed by atoms with Crippen molar-refractivity contribution in [2.45, 2.75) is 11.7 Å². The second-order valence-corrected chi connectivity index (χ2v) is 9.49. The highest BCUT2D eigenvalue weighted by atomic mass is 79.9. The van der Waals surface area contributed by atoms with E-state index in [4.69, 9.17) is 0 Å². The molecule has 168 valence electrons. The van der Waals surface area contributed by atoms with Crippen molar-refractivity contribution in [3.05, 3.63) is 87.0 Å². The molecule has 0 radical (unpaired) electrons. The number of halogens is 2. The lowest BCUT2D eigenvalue weighted by Gasteiger charge is -2.11. The number of hydrogen-bond acceptors (Lipinski definition) is 6. The van der Waals surface area contributed by atoms with E-state index in [9.17, 15) is 14.0 Å². The molecule has 0 atom stereocenters. The summed E-state index contributed by atoms with van der Waals surface area (Å²) in [7, 11) is 0. The van der Waals surface area contributed by atoms with E-state index in [0.717, 1.165) is 21.9 Å². The maximum atomic E-state index is 13.8. The van der Waals surface area contributed by atoms with Gasteiger partial charge >= 0.3 is 0 Å². The van der Waals surface area contributed by atoms with Gasteiger partial charge in [-0.2, -0.15) is 0 Å². The summed E-state index contributed by atoms with van der Waals surface area (Å²) in [6.45, 7) is 0.155. The van der Waals surface area contributed by atoms with Gasteiger partial charge in [-0.15, -0.1) is 21.5 Å². The van der Waals surface area contributed by atoms with Crippen molar-refractivity contribution in [1.82, 2.24) is 20.1 Å². The summed E-state index contributed by atoms with van der Waals surface area (Å²) in [5.74, 6) is -0.557. The minimum absolute atomic E-state index is 0.00451. The average Bonchev–Trinajstić information content (AvgIpc) is 3.49. The van der Waals surface area contributed by atoms with Gasteiger partial charge in [0.1, 0.15) is 5.82 Å². The molecule has 33 heavy (non-hydrogen) atoms. The van der Waals surface area contributed by atoms with Crippen molar-refractivity contribution in [2.24, 2.45) is 0 Å².